The smallest absolute Gasteiger partial charge is 0.0570 e. The zero-order chi connectivity index (χ0) is 12.0. The molecule has 0 saturated carbocycles. The molecule has 1 aromatic heterocycles. The minimum atomic E-state index is 0.447. The summed E-state index contributed by atoms with van der Waals surface area (Å²) in [6.45, 7) is 10.9. The third-order valence-corrected chi connectivity index (χ3v) is 2.69. The van der Waals surface area contributed by atoms with Gasteiger partial charge in [-0.05, 0) is 43.4 Å². The molecule has 0 unspecified atom stereocenters. The van der Waals surface area contributed by atoms with Crippen molar-refractivity contribution in [2.45, 2.75) is 47.1 Å². The largest absolute Gasteiger partial charge is 0.311 e. The Bertz CT molecular complexity index is 313. The first kappa shape index (κ1) is 13.2. The molecule has 0 aliphatic carbocycles. The maximum atomic E-state index is 4.36. The first-order valence-electron chi connectivity index (χ1n) is 6.10. The maximum absolute atomic E-state index is 4.36. The van der Waals surface area contributed by atoms with Crippen molar-refractivity contribution in [2.75, 3.05) is 6.54 Å². The summed E-state index contributed by atoms with van der Waals surface area (Å²) in [5.41, 5.74) is 2.88. The van der Waals surface area contributed by atoms with E-state index in [-0.39, 0.29) is 0 Å². The molecule has 2 heteroatoms. The van der Waals surface area contributed by atoms with Crippen molar-refractivity contribution < 1.29 is 0 Å². The molecule has 0 saturated heterocycles. The molecule has 0 spiro atoms. The van der Waals surface area contributed by atoms with E-state index in [1.807, 2.05) is 12.3 Å². The fourth-order valence-corrected chi connectivity index (χ4v) is 1.65. The lowest BCUT2D eigenvalue weighted by Gasteiger charge is -2.17. The molecule has 1 rings (SSSR count). The standard InChI is InChI=1S/C14H24N2/c1-12-7-5-10-16-13(12)11-15-9-6-8-14(2,3)4/h5,7,10,15H,6,8-9,11H2,1-4H3. The van der Waals surface area contributed by atoms with Crippen LogP contribution in [0, 0.1) is 12.3 Å². The minimum Gasteiger partial charge on any atom is -0.311 e. The number of aryl methyl sites for hydroxylation is 1. The first-order valence-corrected chi connectivity index (χ1v) is 6.10. The van der Waals surface area contributed by atoms with Gasteiger partial charge in [-0.2, -0.15) is 0 Å². The highest BCUT2D eigenvalue weighted by Gasteiger charge is 2.08. The van der Waals surface area contributed by atoms with Crippen LogP contribution in [-0.2, 0) is 6.54 Å². The van der Waals surface area contributed by atoms with Gasteiger partial charge in [-0.25, -0.2) is 0 Å². The molecule has 0 aromatic carbocycles. The average molecular weight is 220 g/mol. The van der Waals surface area contributed by atoms with E-state index in [9.17, 15) is 0 Å². The highest BCUT2D eigenvalue weighted by molar-refractivity contribution is 5.17. The van der Waals surface area contributed by atoms with Gasteiger partial charge >= 0.3 is 0 Å². The second kappa shape index (κ2) is 6.00. The van der Waals surface area contributed by atoms with Crippen LogP contribution in [0.15, 0.2) is 18.3 Å². The van der Waals surface area contributed by atoms with E-state index < -0.39 is 0 Å². The van der Waals surface area contributed by atoms with Gasteiger partial charge in [0.15, 0.2) is 0 Å². The molecule has 0 amide bonds. The third-order valence-electron chi connectivity index (χ3n) is 2.69. The number of aromatic nitrogens is 1. The van der Waals surface area contributed by atoms with Crippen molar-refractivity contribution in [2.24, 2.45) is 5.41 Å². The van der Waals surface area contributed by atoms with Gasteiger partial charge in [-0.1, -0.05) is 26.8 Å². The van der Waals surface area contributed by atoms with E-state index in [1.54, 1.807) is 0 Å². The SMILES string of the molecule is Cc1cccnc1CNCCCC(C)(C)C. The summed E-state index contributed by atoms with van der Waals surface area (Å²) < 4.78 is 0. The van der Waals surface area contributed by atoms with Crippen molar-refractivity contribution in [3.05, 3.63) is 29.6 Å². The lowest BCUT2D eigenvalue weighted by Crippen LogP contribution is -2.18. The summed E-state index contributed by atoms with van der Waals surface area (Å²) >= 11 is 0. The summed E-state index contributed by atoms with van der Waals surface area (Å²) in [7, 11) is 0. The van der Waals surface area contributed by atoms with E-state index >= 15 is 0 Å². The van der Waals surface area contributed by atoms with Crippen LogP contribution in [0.3, 0.4) is 0 Å². The number of nitrogens with zero attached hydrogens (tertiary/aromatic N) is 1. The topological polar surface area (TPSA) is 24.9 Å². The molecule has 0 atom stereocenters. The molecule has 0 aliphatic rings. The van der Waals surface area contributed by atoms with Gasteiger partial charge in [-0.3, -0.25) is 4.98 Å². The summed E-state index contributed by atoms with van der Waals surface area (Å²) in [6.07, 6.45) is 4.36. The summed E-state index contributed by atoms with van der Waals surface area (Å²) in [4.78, 5) is 4.36. The summed E-state index contributed by atoms with van der Waals surface area (Å²) in [5, 5.41) is 3.45. The predicted octanol–water partition coefficient (Wildman–Crippen LogP) is 3.31. The van der Waals surface area contributed by atoms with Gasteiger partial charge in [-0.15, -0.1) is 0 Å². The molecular weight excluding hydrogens is 196 g/mol. The Morgan fingerprint density at radius 3 is 2.69 bits per heavy atom. The van der Waals surface area contributed by atoms with Gasteiger partial charge in [0.05, 0.1) is 5.69 Å². The van der Waals surface area contributed by atoms with Crippen molar-refractivity contribution in [1.82, 2.24) is 10.3 Å². The first-order chi connectivity index (χ1) is 7.49. The molecule has 0 bridgehead atoms. The Hall–Kier alpha value is -0.890. The highest BCUT2D eigenvalue weighted by Crippen LogP contribution is 2.19. The van der Waals surface area contributed by atoms with Crippen LogP contribution in [0.5, 0.6) is 0 Å². The maximum Gasteiger partial charge on any atom is 0.0570 e. The number of hydrogen-bond donors (Lipinski definition) is 1. The van der Waals surface area contributed by atoms with Gasteiger partial charge < -0.3 is 5.32 Å². The van der Waals surface area contributed by atoms with Crippen LogP contribution < -0.4 is 5.32 Å². The monoisotopic (exact) mass is 220 g/mol. The van der Waals surface area contributed by atoms with E-state index in [1.165, 1.54) is 24.1 Å². The molecule has 1 N–H and O–H groups in total. The number of rotatable bonds is 5. The zero-order valence-electron chi connectivity index (χ0n) is 11.0. The highest BCUT2D eigenvalue weighted by atomic mass is 14.9. The van der Waals surface area contributed by atoms with E-state index in [2.05, 4.69) is 44.1 Å². The lowest BCUT2D eigenvalue weighted by molar-refractivity contribution is 0.360. The fourth-order valence-electron chi connectivity index (χ4n) is 1.65. The van der Waals surface area contributed by atoms with Crippen LogP contribution >= 0.6 is 0 Å². The van der Waals surface area contributed by atoms with E-state index in [4.69, 9.17) is 0 Å². The van der Waals surface area contributed by atoms with Crippen molar-refractivity contribution >= 4 is 0 Å². The zero-order valence-corrected chi connectivity index (χ0v) is 11.0. The normalized spacial score (nSPS) is 11.8. The molecule has 0 radical (unpaired) electrons. The number of nitrogens with one attached hydrogen (secondary N) is 1. The molecule has 0 fully saturated rings. The molecule has 0 aliphatic heterocycles. The van der Waals surface area contributed by atoms with Gasteiger partial charge in [0.2, 0.25) is 0 Å². The minimum absolute atomic E-state index is 0.447. The fraction of sp³-hybridized carbons (Fsp3) is 0.643. The van der Waals surface area contributed by atoms with E-state index in [0.717, 1.165) is 13.1 Å². The molecular formula is C14H24N2. The Morgan fingerprint density at radius 1 is 1.31 bits per heavy atom. The molecule has 1 aromatic rings. The summed E-state index contributed by atoms with van der Waals surface area (Å²) in [5.74, 6) is 0. The Labute approximate surface area is 99.5 Å². The van der Waals surface area contributed by atoms with Gasteiger partial charge in [0.25, 0.3) is 0 Å². The summed E-state index contributed by atoms with van der Waals surface area (Å²) in [6, 6.07) is 4.09. The van der Waals surface area contributed by atoms with Gasteiger partial charge in [0, 0.05) is 12.7 Å². The van der Waals surface area contributed by atoms with Crippen molar-refractivity contribution in [1.29, 1.82) is 0 Å². The van der Waals surface area contributed by atoms with Crippen LogP contribution in [0.2, 0.25) is 0 Å². The van der Waals surface area contributed by atoms with Crippen molar-refractivity contribution in [3.63, 3.8) is 0 Å². The van der Waals surface area contributed by atoms with Crippen LogP contribution in [0.4, 0.5) is 0 Å². The molecule has 16 heavy (non-hydrogen) atoms. The number of hydrogen-bond acceptors (Lipinski definition) is 2. The van der Waals surface area contributed by atoms with Crippen LogP contribution in [0.1, 0.15) is 44.9 Å². The number of pyridine rings is 1. The van der Waals surface area contributed by atoms with Gasteiger partial charge in [0.1, 0.15) is 0 Å². The predicted molar refractivity (Wildman–Crippen MR) is 69.4 cm³/mol. The molecule has 90 valence electrons. The Kier molecular flexibility index (Phi) is 4.94. The Balaban J connectivity index is 2.19. The van der Waals surface area contributed by atoms with Crippen LogP contribution in [0.25, 0.3) is 0 Å². The second-order valence-corrected chi connectivity index (χ2v) is 5.61. The lowest BCUT2D eigenvalue weighted by atomic mass is 9.91. The Morgan fingerprint density at radius 2 is 2.06 bits per heavy atom. The second-order valence-electron chi connectivity index (χ2n) is 5.61. The molecule has 2 nitrogen and oxygen atoms in total. The third kappa shape index (κ3) is 5.26. The average Bonchev–Trinajstić information content (AvgIpc) is 2.18. The van der Waals surface area contributed by atoms with Crippen molar-refractivity contribution in [3.8, 4) is 0 Å². The van der Waals surface area contributed by atoms with E-state index in [0.29, 0.717) is 5.41 Å². The van der Waals surface area contributed by atoms with Crippen LogP contribution in [-0.4, -0.2) is 11.5 Å². The quantitative estimate of drug-likeness (QED) is 0.770. The molecule has 1 heterocycles.